The monoisotopic (exact) mass is 412 g/mol. The fourth-order valence-electron chi connectivity index (χ4n) is 3.34. The van der Waals surface area contributed by atoms with Gasteiger partial charge >= 0.3 is 0 Å². The molecule has 4 rings (SSSR count). The first-order chi connectivity index (χ1) is 14.1. The maximum atomic E-state index is 12.4. The number of nitrogens with one attached hydrogen (secondary N) is 1. The van der Waals surface area contributed by atoms with Crippen molar-refractivity contribution < 1.29 is 9.59 Å². The molecule has 0 spiro atoms. The van der Waals surface area contributed by atoms with Crippen LogP contribution in [0.1, 0.15) is 16.2 Å². The van der Waals surface area contributed by atoms with Crippen molar-refractivity contribution in [2.24, 2.45) is 0 Å². The third-order valence-electron chi connectivity index (χ3n) is 4.88. The van der Waals surface area contributed by atoms with Crippen LogP contribution in [0.2, 0.25) is 5.02 Å². The van der Waals surface area contributed by atoms with Crippen LogP contribution < -0.4 is 5.32 Å². The summed E-state index contributed by atoms with van der Waals surface area (Å²) in [5, 5.41) is 3.04. The normalized spacial score (nSPS) is 14.9. The molecule has 0 radical (unpaired) electrons. The van der Waals surface area contributed by atoms with Gasteiger partial charge in [-0.2, -0.15) is 0 Å². The van der Waals surface area contributed by atoms with Crippen molar-refractivity contribution in [3.63, 3.8) is 0 Å². The van der Waals surface area contributed by atoms with E-state index in [1.807, 2.05) is 35.0 Å². The van der Waals surface area contributed by atoms with E-state index in [0.29, 0.717) is 18.1 Å². The van der Waals surface area contributed by atoms with E-state index in [-0.39, 0.29) is 18.1 Å². The van der Waals surface area contributed by atoms with Crippen molar-refractivity contribution in [1.29, 1.82) is 0 Å². The molecule has 0 saturated carbocycles. The Morgan fingerprint density at radius 2 is 1.97 bits per heavy atom. The van der Waals surface area contributed by atoms with Crippen molar-refractivity contribution >= 4 is 29.1 Å². The zero-order valence-corrected chi connectivity index (χ0v) is 16.5. The standard InChI is InChI=1S/C20H21ClN6O2/c21-15-4-5-22-17(11-15)20(29)23-12-19(28)26-9-7-25(8-10-26)13-16-14-27-6-2-1-3-18(27)24-16/h1-6,11,14H,7-10,12-13H2,(H,23,29). The molecule has 0 unspecified atom stereocenters. The topological polar surface area (TPSA) is 82.8 Å². The third-order valence-corrected chi connectivity index (χ3v) is 5.11. The molecule has 1 fully saturated rings. The molecule has 1 aliphatic rings. The lowest BCUT2D eigenvalue weighted by Gasteiger charge is -2.34. The number of piperazine rings is 1. The van der Waals surface area contributed by atoms with E-state index in [1.54, 1.807) is 11.0 Å². The van der Waals surface area contributed by atoms with Gasteiger partial charge in [0.1, 0.15) is 11.3 Å². The zero-order valence-electron chi connectivity index (χ0n) is 15.8. The lowest BCUT2D eigenvalue weighted by atomic mass is 10.3. The van der Waals surface area contributed by atoms with Crippen molar-refractivity contribution in [3.05, 3.63) is 65.3 Å². The summed E-state index contributed by atoms with van der Waals surface area (Å²) < 4.78 is 2.01. The highest BCUT2D eigenvalue weighted by atomic mass is 35.5. The average molecular weight is 413 g/mol. The van der Waals surface area contributed by atoms with Gasteiger partial charge in [-0.05, 0) is 24.3 Å². The van der Waals surface area contributed by atoms with Gasteiger partial charge in [-0.15, -0.1) is 0 Å². The number of rotatable bonds is 5. The number of fused-ring (bicyclic) bond motifs is 1. The largest absolute Gasteiger partial charge is 0.342 e. The van der Waals surface area contributed by atoms with E-state index in [0.717, 1.165) is 31.0 Å². The van der Waals surface area contributed by atoms with Gasteiger partial charge in [-0.1, -0.05) is 17.7 Å². The minimum Gasteiger partial charge on any atom is -0.342 e. The van der Waals surface area contributed by atoms with Crippen molar-refractivity contribution in [2.45, 2.75) is 6.54 Å². The SMILES string of the molecule is O=C(NCC(=O)N1CCN(Cc2cn3ccccc3n2)CC1)c1cc(Cl)ccn1. The number of carbonyl (C=O) groups excluding carboxylic acids is 2. The van der Waals surface area contributed by atoms with Crippen molar-refractivity contribution in [1.82, 2.24) is 29.5 Å². The average Bonchev–Trinajstić information content (AvgIpc) is 3.14. The molecule has 2 amide bonds. The Morgan fingerprint density at radius 3 is 2.72 bits per heavy atom. The summed E-state index contributed by atoms with van der Waals surface area (Å²) in [6, 6.07) is 8.99. The molecule has 3 aromatic heterocycles. The van der Waals surface area contributed by atoms with Gasteiger partial charge in [0.25, 0.3) is 5.91 Å². The van der Waals surface area contributed by atoms with Crippen LogP contribution in [0.3, 0.4) is 0 Å². The maximum absolute atomic E-state index is 12.4. The fraction of sp³-hybridized carbons (Fsp3) is 0.300. The Morgan fingerprint density at radius 1 is 1.14 bits per heavy atom. The molecule has 9 heteroatoms. The number of amides is 2. The van der Waals surface area contributed by atoms with Gasteiger partial charge in [-0.3, -0.25) is 19.5 Å². The van der Waals surface area contributed by atoms with Gasteiger partial charge in [-0.25, -0.2) is 4.98 Å². The first-order valence-corrected chi connectivity index (χ1v) is 9.79. The van der Waals surface area contributed by atoms with Gasteiger partial charge in [0.2, 0.25) is 5.91 Å². The third kappa shape index (κ3) is 4.72. The number of carbonyl (C=O) groups is 2. The molecule has 0 bridgehead atoms. The summed E-state index contributed by atoms with van der Waals surface area (Å²) >= 11 is 5.86. The lowest BCUT2D eigenvalue weighted by molar-refractivity contribution is -0.131. The van der Waals surface area contributed by atoms with E-state index >= 15 is 0 Å². The second kappa shape index (κ2) is 8.59. The number of imidazole rings is 1. The number of pyridine rings is 2. The van der Waals surface area contributed by atoms with Crippen molar-refractivity contribution in [3.8, 4) is 0 Å². The molecule has 3 aromatic rings. The van der Waals surface area contributed by atoms with Crippen LogP contribution in [0.4, 0.5) is 0 Å². The first-order valence-electron chi connectivity index (χ1n) is 9.41. The Kier molecular flexibility index (Phi) is 5.73. The molecule has 1 N–H and O–H groups in total. The van der Waals surface area contributed by atoms with Crippen molar-refractivity contribution in [2.75, 3.05) is 32.7 Å². The summed E-state index contributed by atoms with van der Waals surface area (Å²) in [6.07, 6.45) is 5.48. The summed E-state index contributed by atoms with van der Waals surface area (Å²) in [6.45, 7) is 3.47. The van der Waals surface area contributed by atoms with Crippen LogP contribution in [0.25, 0.3) is 5.65 Å². The predicted octanol–water partition coefficient (Wildman–Crippen LogP) is 1.46. The molecule has 1 aliphatic heterocycles. The molecule has 0 atom stereocenters. The zero-order chi connectivity index (χ0) is 20.2. The molecule has 150 valence electrons. The van der Waals surface area contributed by atoms with Crippen LogP contribution in [0, 0.1) is 0 Å². The number of hydrogen-bond acceptors (Lipinski definition) is 5. The Labute approximate surface area is 173 Å². The summed E-state index contributed by atoms with van der Waals surface area (Å²) in [5.74, 6) is -0.515. The van der Waals surface area contributed by atoms with Gasteiger partial charge < -0.3 is 14.6 Å². The molecular weight excluding hydrogens is 392 g/mol. The molecule has 8 nitrogen and oxygen atoms in total. The number of nitrogens with zero attached hydrogens (tertiary/aromatic N) is 5. The summed E-state index contributed by atoms with van der Waals surface area (Å²) in [5.41, 5.74) is 2.14. The fourth-order valence-corrected chi connectivity index (χ4v) is 3.49. The molecule has 4 heterocycles. The Bertz CT molecular complexity index is 995. The maximum Gasteiger partial charge on any atom is 0.270 e. The Balaban J connectivity index is 1.24. The Hall–Kier alpha value is -2.97. The molecule has 1 saturated heterocycles. The van der Waals surface area contributed by atoms with Crippen LogP contribution in [0.5, 0.6) is 0 Å². The van der Waals surface area contributed by atoms with Crippen LogP contribution in [-0.4, -0.2) is 68.7 Å². The molecular formula is C20H21ClN6O2. The summed E-state index contributed by atoms with van der Waals surface area (Å²) in [4.78, 5) is 37.1. The first kappa shape index (κ1) is 19.4. The van der Waals surface area contributed by atoms with Crippen LogP contribution >= 0.6 is 11.6 Å². The van der Waals surface area contributed by atoms with Crippen LogP contribution in [0.15, 0.2) is 48.9 Å². The molecule has 29 heavy (non-hydrogen) atoms. The number of hydrogen-bond donors (Lipinski definition) is 1. The predicted molar refractivity (Wildman–Crippen MR) is 109 cm³/mol. The second-order valence-corrected chi connectivity index (χ2v) is 7.33. The second-order valence-electron chi connectivity index (χ2n) is 6.90. The minimum atomic E-state index is -0.411. The smallest absolute Gasteiger partial charge is 0.270 e. The van der Waals surface area contributed by atoms with Gasteiger partial charge in [0.05, 0.1) is 12.2 Å². The minimum absolute atomic E-state index is 0.0561. The highest BCUT2D eigenvalue weighted by molar-refractivity contribution is 6.30. The van der Waals surface area contributed by atoms with Gasteiger partial charge in [0.15, 0.2) is 0 Å². The van der Waals surface area contributed by atoms with Crippen LogP contribution in [-0.2, 0) is 11.3 Å². The highest BCUT2D eigenvalue weighted by Crippen LogP contribution is 2.11. The molecule has 0 aromatic carbocycles. The summed E-state index contributed by atoms with van der Waals surface area (Å²) in [7, 11) is 0. The quantitative estimate of drug-likeness (QED) is 0.686. The van der Waals surface area contributed by atoms with E-state index in [9.17, 15) is 9.59 Å². The van der Waals surface area contributed by atoms with E-state index in [4.69, 9.17) is 11.6 Å². The number of halogens is 1. The highest BCUT2D eigenvalue weighted by Gasteiger charge is 2.22. The van der Waals surface area contributed by atoms with E-state index in [1.165, 1.54) is 12.3 Å². The van der Waals surface area contributed by atoms with Gasteiger partial charge in [0, 0.05) is 56.3 Å². The van der Waals surface area contributed by atoms with E-state index < -0.39 is 5.91 Å². The molecule has 0 aliphatic carbocycles. The van der Waals surface area contributed by atoms with E-state index in [2.05, 4.69) is 20.2 Å². The number of aromatic nitrogens is 3. The lowest BCUT2D eigenvalue weighted by Crippen LogP contribution is -2.50.